The standard InChI is InChI=1S/C20H29N/c1-9-10-12-17(5)19(7)21-20(8)18(6)14-11-13-16(4)15(2)3/h11-14H,2,4,7,9-10H2,1,3,5-6,8H3/b13-11-,17-12-,18-14+,21-20?. The molecule has 0 heterocycles. The summed E-state index contributed by atoms with van der Waals surface area (Å²) in [7, 11) is 0. The van der Waals surface area contributed by atoms with E-state index in [4.69, 9.17) is 0 Å². The van der Waals surface area contributed by atoms with Crippen LogP contribution < -0.4 is 0 Å². The third-order valence-corrected chi connectivity index (χ3v) is 3.26. The molecule has 0 saturated heterocycles. The number of hydrogen-bond acceptors (Lipinski definition) is 1. The lowest BCUT2D eigenvalue weighted by Gasteiger charge is -2.04. The molecule has 0 bridgehead atoms. The quantitative estimate of drug-likeness (QED) is 0.364. The van der Waals surface area contributed by atoms with Gasteiger partial charge in [-0.25, -0.2) is 0 Å². The van der Waals surface area contributed by atoms with Crippen molar-refractivity contribution in [3.05, 3.63) is 72.0 Å². The van der Waals surface area contributed by atoms with Crippen LogP contribution in [0.2, 0.25) is 0 Å². The number of hydrogen-bond donors (Lipinski definition) is 0. The first-order chi connectivity index (χ1) is 9.79. The first-order valence-corrected chi connectivity index (χ1v) is 7.41. The molecule has 0 aromatic heterocycles. The van der Waals surface area contributed by atoms with E-state index in [0.717, 1.165) is 46.5 Å². The second kappa shape index (κ2) is 9.93. The topological polar surface area (TPSA) is 12.4 Å². The zero-order valence-electron chi connectivity index (χ0n) is 14.3. The van der Waals surface area contributed by atoms with E-state index in [1.807, 2.05) is 39.0 Å². The smallest absolute Gasteiger partial charge is 0.0587 e. The molecule has 0 aliphatic heterocycles. The molecular formula is C20H29N. The molecule has 114 valence electrons. The fourth-order valence-electron chi connectivity index (χ4n) is 1.43. The lowest BCUT2D eigenvalue weighted by molar-refractivity contribution is 0.949. The maximum atomic E-state index is 4.57. The minimum atomic E-state index is 0.837. The Morgan fingerprint density at radius 1 is 1.00 bits per heavy atom. The normalized spacial score (nSPS) is 13.7. The summed E-state index contributed by atoms with van der Waals surface area (Å²) in [6.45, 7) is 22.0. The van der Waals surface area contributed by atoms with Crippen molar-refractivity contribution < 1.29 is 0 Å². The average Bonchev–Trinajstić information content (AvgIpc) is 2.43. The first kappa shape index (κ1) is 19.1. The summed E-state index contributed by atoms with van der Waals surface area (Å²) in [5.74, 6) is 0. The van der Waals surface area contributed by atoms with Gasteiger partial charge in [-0.3, -0.25) is 4.99 Å². The van der Waals surface area contributed by atoms with E-state index in [1.54, 1.807) is 0 Å². The zero-order valence-corrected chi connectivity index (χ0v) is 14.3. The Hall–Kier alpha value is -1.89. The molecule has 0 radical (unpaired) electrons. The van der Waals surface area contributed by atoms with Crippen LogP contribution in [0.3, 0.4) is 0 Å². The van der Waals surface area contributed by atoms with Crippen molar-refractivity contribution in [3.63, 3.8) is 0 Å². The summed E-state index contributed by atoms with van der Waals surface area (Å²) in [4.78, 5) is 4.57. The van der Waals surface area contributed by atoms with Crippen LogP contribution in [-0.2, 0) is 0 Å². The van der Waals surface area contributed by atoms with Crippen molar-refractivity contribution in [1.29, 1.82) is 0 Å². The molecule has 0 fully saturated rings. The van der Waals surface area contributed by atoms with Crippen molar-refractivity contribution in [2.75, 3.05) is 0 Å². The molecule has 0 aliphatic carbocycles. The van der Waals surface area contributed by atoms with Crippen molar-refractivity contribution in [1.82, 2.24) is 0 Å². The molecule has 0 N–H and O–H groups in total. The van der Waals surface area contributed by atoms with Crippen LogP contribution in [0.1, 0.15) is 47.5 Å². The van der Waals surface area contributed by atoms with Crippen LogP contribution in [0.15, 0.2) is 77.0 Å². The Balaban J connectivity index is 4.87. The fraction of sp³-hybridized carbons (Fsp3) is 0.350. The monoisotopic (exact) mass is 283 g/mol. The van der Waals surface area contributed by atoms with E-state index in [1.165, 1.54) is 0 Å². The lowest BCUT2D eigenvalue weighted by Crippen LogP contribution is -1.95. The predicted molar refractivity (Wildman–Crippen MR) is 97.8 cm³/mol. The summed E-state index contributed by atoms with van der Waals surface area (Å²) in [6, 6.07) is 0. The molecule has 0 aromatic carbocycles. The van der Waals surface area contributed by atoms with Crippen molar-refractivity contribution in [3.8, 4) is 0 Å². The highest BCUT2D eigenvalue weighted by Crippen LogP contribution is 2.12. The van der Waals surface area contributed by atoms with Gasteiger partial charge in [-0.15, -0.1) is 0 Å². The highest BCUT2D eigenvalue weighted by Gasteiger charge is 1.98. The van der Waals surface area contributed by atoms with Crippen molar-refractivity contribution >= 4 is 5.71 Å². The fourth-order valence-corrected chi connectivity index (χ4v) is 1.43. The SMILES string of the molecule is C=C(C)C(=C)/C=C\C=C(/C)C(C)=NC(=C)/C(C)=C\CCC. The van der Waals surface area contributed by atoms with E-state index in [2.05, 4.69) is 44.7 Å². The molecule has 21 heavy (non-hydrogen) atoms. The maximum Gasteiger partial charge on any atom is 0.0587 e. The van der Waals surface area contributed by atoms with Gasteiger partial charge in [0, 0.05) is 5.71 Å². The molecule has 0 atom stereocenters. The predicted octanol–water partition coefficient (Wildman–Crippen LogP) is 6.34. The molecule has 0 amide bonds. The molecule has 0 aliphatic rings. The third-order valence-electron chi connectivity index (χ3n) is 3.26. The van der Waals surface area contributed by atoms with Gasteiger partial charge < -0.3 is 0 Å². The van der Waals surface area contributed by atoms with Crippen LogP contribution in [0, 0.1) is 0 Å². The van der Waals surface area contributed by atoms with Gasteiger partial charge in [0.25, 0.3) is 0 Å². The van der Waals surface area contributed by atoms with Crippen LogP contribution in [0.5, 0.6) is 0 Å². The summed E-state index contributed by atoms with van der Waals surface area (Å²) in [5.41, 5.74) is 6.00. The zero-order chi connectivity index (χ0) is 16.4. The van der Waals surface area contributed by atoms with E-state index >= 15 is 0 Å². The van der Waals surface area contributed by atoms with E-state index < -0.39 is 0 Å². The molecule has 0 rings (SSSR count). The summed E-state index contributed by atoms with van der Waals surface area (Å²) >= 11 is 0. The van der Waals surface area contributed by atoms with Gasteiger partial charge in [0.1, 0.15) is 0 Å². The molecular weight excluding hydrogens is 254 g/mol. The molecule has 0 spiro atoms. The number of nitrogens with zero attached hydrogens (tertiary/aromatic N) is 1. The highest BCUT2D eigenvalue weighted by atomic mass is 14.8. The Kier molecular flexibility index (Phi) is 9.03. The van der Waals surface area contributed by atoms with Gasteiger partial charge in [0.15, 0.2) is 0 Å². The molecule has 0 aromatic rings. The lowest BCUT2D eigenvalue weighted by atomic mass is 10.1. The summed E-state index contributed by atoms with van der Waals surface area (Å²) in [5, 5.41) is 0. The third kappa shape index (κ3) is 8.09. The molecule has 0 unspecified atom stereocenters. The van der Waals surface area contributed by atoms with Crippen LogP contribution in [0.4, 0.5) is 0 Å². The minimum absolute atomic E-state index is 0.837. The van der Waals surface area contributed by atoms with E-state index in [-0.39, 0.29) is 0 Å². The number of unbranched alkanes of at least 4 members (excludes halogenated alkanes) is 1. The first-order valence-electron chi connectivity index (χ1n) is 7.41. The van der Waals surface area contributed by atoms with E-state index in [9.17, 15) is 0 Å². The van der Waals surface area contributed by atoms with Crippen LogP contribution in [-0.4, -0.2) is 5.71 Å². The second-order valence-corrected chi connectivity index (χ2v) is 5.33. The second-order valence-electron chi connectivity index (χ2n) is 5.33. The van der Waals surface area contributed by atoms with Gasteiger partial charge in [-0.2, -0.15) is 0 Å². The molecule has 1 heteroatoms. The minimum Gasteiger partial charge on any atom is -0.254 e. The van der Waals surface area contributed by atoms with Crippen LogP contribution in [0.25, 0.3) is 0 Å². The van der Waals surface area contributed by atoms with Crippen molar-refractivity contribution in [2.24, 2.45) is 4.99 Å². The maximum absolute atomic E-state index is 4.57. The Morgan fingerprint density at radius 2 is 1.62 bits per heavy atom. The highest BCUT2D eigenvalue weighted by molar-refractivity contribution is 5.98. The Labute approximate surface area is 130 Å². The van der Waals surface area contributed by atoms with Gasteiger partial charge in [-0.05, 0) is 50.8 Å². The van der Waals surface area contributed by atoms with Gasteiger partial charge in [-0.1, -0.05) is 63.0 Å². The van der Waals surface area contributed by atoms with Gasteiger partial charge in [0.2, 0.25) is 0 Å². The number of rotatable bonds is 8. The largest absolute Gasteiger partial charge is 0.254 e. The van der Waals surface area contributed by atoms with E-state index in [0.29, 0.717) is 0 Å². The number of allylic oxidation sites excluding steroid dienone is 8. The summed E-state index contributed by atoms with van der Waals surface area (Å²) < 4.78 is 0. The molecule has 1 nitrogen and oxygen atoms in total. The summed E-state index contributed by atoms with van der Waals surface area (Å²) in [6.07, 6.45) is 10.4. The Bertz CT molecular complexity index is 522. The Morgan fingerprint density at radius 3 is 2.14 bits per heavy atom. The van der Waals surface area contributed by atoms with Gasteiger partial charge in [0.05, 0.1) is 5.70 Å². The van der Waals surface area contributed by atoms with Crippen LogP contribution >= 0.6 is 0 Å². The molecule has 0 saturated carbocycles. The van der Waals surface area contributed by atoms with Crippen molar-refractivity contribution in [2.45, 2.75) is 47.5 Å². The van der Waals surface area contributed by atoms with Gasteiger partial charge >= 0.3 is 0 Å². The number of aliphatic imine (C=N–C) groups is 1. The average molecular weight is 283 g/mol.